The van der Waals surface area contributed by atoms with Gasteiger partial charge < -0.3 is 14.5 Å². The monoisotopic (exact) mass is 398 g/mol. The predicted octanol–water partition coefficient (Wildman–Crippen LogP) is 3.30. The molecular formula is C23H27FN2O3. The van der Waals surface area contributed by atoms with E-state index < -0.39 is 23.8 Å². The van der Waals surface area contributed by atoms with Gasteiger partial charge in [0.1, 0.15) is 5.82 Å². The van der Waals surface area contributed by atoms with Crippen LogP contribution in [0.3, 0.4) is 0 Å². The lowest BCUT2D eigenvalue weighted by molar-refractivity contribution is -0.160. The quantitative estimate of drug-likeness (QED) is 0.725. The lowest BCUT2D eigenvalue weighted by atomic mass is 9.97. The zero-order chi connectivity index (χ0) is 21.0. The number of piperazine rings is 1. The van der Waals surface area contributed by atoms with Gasteiger partial charge in [0.15, 0.2) is 6.10 Å². The van der Waals surface area contributed by atoms with Gasteiger partial charge in [0, 0.05) is 31.7 Å². The van der Waals surface area contributed by atoms with E-state index in [-0.39, 0.29) is 5.91 Å². The van der Waals surface area contributed by atoms with Crippen LogP contribution in [0.2, 0.25) is 0 Å². The molecule has 0 bridgehead atoms. The van der Waals surface area contributed by atoms with Crippen molar-refractivity contribution in [3.05, 3.63) is 59.9 Å². The number of carbonyl (C=O) groups is 2. The van der Waals surface area contributed by atoms with Gasteiger partial charge in [-0.3, -0.25) is 9.59 Å². The number of carbonyl (C=O) groups excluding carboxylic acids is 2. The largest absolute Gasteiger partial charge is 0.452 e. The molecule has 6 heteroatoms. The second-order valence-electron chi connectivity index (χ2n) is 7.53. The van der Waals surface area contributed by atoms with Crippen LogP contribution >= 0.6 is 0 Å². The minimum Gasteiger partial charge on any atom is -0.452 e. The summed E-state index contributed by atoms with van der Waals surface area (Å²) in [5.41, 5.74) is 1.78. The topological polar surface area (TPSA) is 49.9 Å². The first-order valence-corrected chi connectivity index (χ1v) is 9.89. The van der Waals surface area contributed by atoms with Crippen molar-refractivity contribution >= 4 is 11.9 Å². The summed E-state index contributed by atoms with van der Waals surface area (Å²) in [5, 5.41) is 0. The van der Waals surface area contributed by atoms with Gasteiger partial charge in [0.25, 0.3) is 5.91 Å². The van der Waals surface area contributed by atoms with E-state index in [1.807, 2.05) is 37.4 Å². The summed E-state index contributed by atoms with van der Waals surface area (Å²) in [4.78, 5) is 28.9. The highest BCUT2D eigenvalue weighted by atomic mass is 19.1. The molecule has 1 amide bonds. The zero-order valence-electron chi connectivity index (χ0n) is 17.1. The number of hydrogen-bond donors (Lipinski definition) is 0. The fourth-order valence-corrected chi connectivity index (χ4v) is 3.40. The Morgan fingerprint density at radius 3 is 2.28 bits per heavy atom. The van der Waals surface area contributed by atoms with Crippen LogP contribution < -0.4 is 0 Å². The summed E-state index contributed by atoms with van der Waals surface area (Å²) in [6, 6.07) is 14.0. The fourth-order valence-electron chi connectivity index (χ4n) is 3.40. The second-order valence-corrected chi connectivity index (χ2v) is 7.53. The standard InChI is InChI=1S/C23H27FN2O3/c1-16(19-9-10-20(21(24)15-19)18-7-5-4-6-8-18)23(28)29-17(2)22(27)26-13-11-25(3)12-14-26/h4-10,15-17H,11-14H2,1-3H3/t16-,17-/m0/s1. The second kappa shape index (κ2) is 9.18. The van der Waals surface area contributed by atoms with Crippen LogP contribution in [0, 0.1) is 5.82 Å². The number of likely N-dealkylation sites (N-methyl/N-ethyl adjacent to an activating group) is 1. The lowest BCUT2D eigenvalue weighted by Gasteiger charge is -2.33. The van der Waals surface area contributed by atoms with Crippen molar-refractivity contribution in [3.8, 4) is 11.1 Å². The molecule has 1 heterocycles. The zero-order valence-corrected chi connectivity index (χ0v) is 17.1. The Bertz CT molecular complexity index is 864. The summed E-state index contributed by atoms with van der Waals surface area (Å²) in [6.45, 7) is 6.10. The molecule has 1 aliphatic rings. The fraction of sp³-hybridized carbons (Fsp3) is 0.391. The average Bonchev–Trinajstić information content (AvgIpc) is 2.73. The first kappa shape index (κ1) is 21.0. The number of nitrogens with zero attached hydrogens (tertiary/aromatic N) is 2. The highest BCUT2D eigenvalue weighted by molar-refractivity contribution is 5.85. The van der Waals surface area contributed by atoms with Crippen molar-refractivity contribution in [3.63, 3.8) is 0 Å². The first-order chi connectivity index (χ1) is 13.9. The maximum atomic E-state index is 14.6. The van der Waals surface area contributed by atoms with E-state index in [2.05, 4.69) is 4.90 Å². The summed E-state index contributed by atoms with van der Waals surface area (Å²) in [7, 11) is 2.01. The molecule has 0 spiro atoms. The van der Waals surface area contributed by atoms with E-state index in [1.54, 1.807) is 30.9 Å². The number of hydrogen-bond acceptors (Lipinski definition) is 4. The van der Waals surface area contributed by atoms with Gasteiger partial charge in [-0.05, 0) is 38.1 Å². The molecule has 0 N–H and O–H groups in total. The molecular weight excluding hydrogens is 371 g/mol. The first-order valence-electron chi connectivity index (χ1n) is 9.89. The van der Waals surface area contributed by atoms with Gasteiger partial charge >= 0.3 is 5.97 Å². The molecule has 154 valence electrons. The minimum atomic E-state index is -0.859. The normalized spacial score (nSPS) is 16.9. The van der Waals surface area contributed by atoms with Crippen LogP contribution in [0.25, 0.3) is 11.1 Å². The third-order valence-electron chi connectivity index (χ3n) is 5.39. The van der Waals surface area contributed by atoms with Crippen LogP contribution in [-0.4, -0.2) is 61.0 Å². The highest BCUT2D eigenvalue weighted by Crippen LogP contribution is 2.27. The Morgan fingerprint density at radius 1 is 1.00 bits per heavy atom. The van der Waals surface area contributed by atoms with Crippen LogP contribution in [0.1, 0.15) is 25.3 Å². The van der Waals surface area contributed by atoms with Gasteiger partial charge in [-0.15, -0.1) is 0 Å². The molecule has 2 aromatic rings. The van der Waals surface area contributed by atoms with Crippen molar-refractivity contribution < 1.29 is 18.7 Å². The number of benzene rings is 2. The Labute approximate surface area is 171 Å². The van der Waals surface area contributed by atoms with Crippen molar-refractivity contribution in [1.82, 2.24) is 9.80 Å². The smallest absolute Gasteiger partial charge is 0.313 e. The molecule has 2 atom stereocenters. The van der Waals surface area contributed by atoms with Crippen LogP contribution in [0.5, 0.6) is 0 Å². The molecule has 2 aromatic carbocycles. The number of rotatable bonds is 5. The average molecular weight is 398 g/mol. The minimum absolute atomic E-state index is 0.191. The molecule has 0 aliphatic carbocycles. The molecule has 5 nitrogen and oxygen atoms in total. The van der Waals surface area contributed by atoms with Crippen molar-refractivity contribution in [2.75, 3.05) is 33.2 Å². The molecule has 1 aliphatic heterocycles. The maximum absolute atomic E-state index is 14.6. The third kappa shape index (κ3) is 5.01. The van der Waals surface area contributed by atoms with E-state index in [4.69, 9.17) is 4.74 Å². The third-order valence-corrected chi connectivity index (χ3v) is 5.39. The highest BCUT2D eigenvalue weighted by Gasteiger charge is 2.28. The van der Waals surface area contributed by atoms with Gasteiger partial charge in [-0.1, -0.05) is 42.5 Å². The molecule has 0 radical (unpaired) electrons. The molecule has 1 fully saturated rings. The molecule has 29 heavy (non-hydrogen) atoms. The number of esters is 1. The predicted molar refractivity (Wildman–Crippen MR) is 110 cm³/mol. The van der Waals surface area contributed by atoms with E-state index in [1.165, 1.54) is 6.07 Å². The van der Waals surface area contributed by atoms with E-state index in [9.17, 15) is 14.0 Å². The van der Waals surface area contributed by atoms with Crippen LogP contribution in [0.15, 0.2) is 48.5 Å². The molecule has 0 saturated carbocycles. The van der Waals surface area contributed by atoms with Crippen LogP contribution in [-0.2, 0) is 14.3 Å². The number of ether oxygens (including phenoxy) is 1. The lowest BCUT2D eigenvalue weighted by Crippen LogP contribution is -2.50. The molecule has 0 aromatic heterocycles. The SMILES string of the molecule is C[C@H](OC(=O)[C@@H](C)c1ccc(-c2ccccc2)c(F)c1)C(=O)N1CCN(C)CC1. The Kier molecular flexibility index (Phi) is 6.64. The Morgan fingerprint density at radius 2 is 1.66 bits per heavy atom. The molecule has 3 rings (SSSR count). The van der Waals surface area contributed by atoms with E-state index in [0.29, 0.717) is 24.2 Å². The van der Waals surface area contributed by atoms with Crippen molar-refractivity contribution in [1.29, 1.82) is 0 Å². The summed E-state index contributed by atoms with van der Waals surface area (Å²) in [6.07, 6.45) is -0.859. The Balaban J connectivity index is 1.64. The van der Waals surface area contributed by atoms with Crippen molar-refractivity contribution in [2.45, 2.75) is 25.9 Å². The van der Waals surface area contributed by atoms with E-state index in [0.717, 1.165) is 18.7 Å². The van der Waals surface area contributed by atoms with E-state index >= 15 is 0 Å². The van der Waals surface area contributed by atoms with Crippen molar-refractivity contribution in [2.24, 2.45) is 0 Å². The Hall–Kier alpha value is -2.73. The number of halogens is 1. The van der Waals surface area contributed by atoms with Gasteiger partial charge in [-0.2, -0.15) is 0 Å². The molecule has 1 saturated heterocycles. The number of amides is 1. The summed E-state index contributed by atoms with van der Waals surface area (Å²) in [5.74, 6) is -1.79. The molecule has 0 unspecified atom stereocenters. The van der Waals surface area contributed by atoms with Crippen LogP contribution in [0.4, 0.5) is 4.39 Å². The summed E-state index contributed by atoms with van der Waals surface area (Å²) < 4.78 is 20.0. The van der Waals surface area contributed by atoms with Gasteiger partial charge in [-0.25, -0.2) is 4.39 Å². The van der Waals surface area contributed by atoms with Gasteiger partial charge in [0.05, 0.1) is 5.92 Å². The van der Waals surface area contributed by atoms with Gasteiger partial charge in [0.2, 0.25) is 0 Å². The summed E-state index contributed by atoms with van der Waals surface area (Å²) >= 11 is 0. The maximum Gasteiger partial charge on any atom is 0.313 e.